The molecule has 2 rings (SSSR count). The number of amides is 1. The summed E-state index contributed by atoms with van der Waals surface area (Å²) in [7, 11) is 1.48. The quantitative estimate of drug-likeness (QED) is 0.660. The molecule has 0 radical (unpaired) electrons. The van der Waals surface area contributed by atoms with E-state index in [9.17, 15) is 10.1 Å². The smallest absolute Gasteiger partial charge is 0.235 e. The minimum atomic E-state index is -0.0870. The zero-order valence-electron chi connectivity index (χ0n) is 15.5. The molecule has 1 atom stereocenters. The second-order valence-corrected chi connectivity index (χ2v) is 6.22. The summed E-state index contributed by atoms with van der Waals surface area (Å²) < 4.78 is 11.3. The van der Waals surface area contributed by atoms with Gasteiger partial charge in [-0.2, -0.15) is 5.26 Å². The van der Waals surface area contributed by atoms with E-state index in [4.69, 9.17) is 9.47 Å². The average Bonchev–Trinajstić information content (AvgIpc) is 2.66. The van der Waals surface area contributed by atoms with Gasteiger partial charge in [-0.3, -0.25) is 9.69 Å². The third-order valence-corrected chi connectivity index (χ3v) is 4.45. The van der Waals surface area contributed by atoms with Gasteiger partial charge in [-0.1, -0.05) is 6.08 Å². The molecule has 1 unspecified atom stereocenters. The maximum Gasteiger partial charge on any atom is 0.235 e. The van der Waals surface area contributed by atoms with Gasteiger partial charge in [0.2, 0.25) is 11.8 Å². The fraction of sp³-hybridized carbons (Fsp3) is 0.526. The van der Waals surface area contributed by atoms with Crippen LogP contribution in [0.3, 0.4) is 0 Å². The number of nitriles is 1. The molecule has 7 nitrogen and oxygen atoms in total. The van der Waals surface area contributed by atoms with Crippen molar-refractivity contribution in [2.45, 2.75) is 25.9 Å². The van der Waals surface area contributed by atoms with Crippen molar-refractivity contribution < 1.29 is 14.3 Å². The van der Waals surface area contributed by atoms with Crippen molar-refractivity contribution in [3.8, 4) is 17.7 Å². The predicted molar refractivity (Wildman–Crippen MR) is 98.0 cm³/mol. The summed E-state index contributed by atoms with van der Waals surface area (Å²) in [6.07, 6.45) is 4.97. The molecule has 1 fully saturated rings. The molecule has 0 spiro atoms. The summed E-state index contributed by atoms with van der Waals surface area (Å²) in [5, 5.41) is 9.41. The highest BCUT2D eigenvalue weighted by atomic mass is 16.5. The summed E-state index contributed by atoms with van der Waals surface area (Å²) in [4.78, 5) is 19.7. The Kier molecular flexibility index (Phi) is 7.42. The first-order chi connectivity index (χ1) is 12.6. The van der Waals surface area contributed by atoms with E-state index in [0.29, 0.717) is 11.3 Å². The summed E-state index contributed by atoms with van der Waals surface area (Å²) in [6, 6.07) is 3.80. The largest absolute Gasteiger partial charge is 0.487 e. The van der Waals surface area contributed by atoms with Gasteiger partial charge in [0.15, 0.2) is 5.56 Å². The van der Waals surface area contributed by atoms with Crippen LogP contribution in [-0.2, 0) is 4.79 Å². The number of hydrogen-bond acceptors (Lipinski definition) is 6. The summed E-state index contributed by atoms with van der Waals surface area (Å²) in [5.74, 6) is 0.866. The summed E-state index contributed by atoms with van der Waals surface area (Å²) in [6.45, 7) is 9.22. The predicted octanol–water partition coefficient (Wildman–Crippen LogP) is 1.84. The zero-order chi connectivity index (χ0) is 18.9. The minimum Gasteiger partial charge on any atom is -0.487 e. The molecule has 2 heterocycles. The average molecular weight is 358 g/mol. The Labute approximate surface area is 154 Å². The molecule has 26 heavy (non-hydrogen) atoms. The van der Waals surface area contributed by atoms with E-state index in [1.165, 1.54) is 7.11 Å². The topological polar surface area (TPSA) is 78.7 Å². The SMILES string of the molecule is C=CCCC(CN1CCN(C(C)=O)CC1)Oc1ccnc(OC)c1C#N. The van der Waals surface area contributed by atoms with Crippen molar-refractivity contribution in [3.05, 3.63) is 30.5 Å². The maximum absolute atomic E-state index is 11.5. The monoisotopic (exact) mass is 358 g/mol. The Hall–Kier alpha value is -2.59. The maximum atomic E-state index is 11.5. The first-order valence-electron chi connectivity index (χ1n) is 8.77. The van der Waals surface area contributed by atoms with E-state index < -0.39 is 0 Å². The highest BCUT2D eigenvalue weighted by Gasteiger charge is 2.23. The number of ether oxygens (including phenoxy) is 2. The van der Waals surface area contributed by atoms with Gasteiger partial charge in [-0.25, -0.2) is 4.98 Å². The first kappa shape index (κ1) is 19.7. The summed E-state index contributed by atoms with van der Waals surface area (Å²) >= 11 is 0. The Morgan fingerprint density at radius 3 is 2.77 bits per heavy atom. The molecule has 1 aromatic heterocycles. The number of hydrogen-bond donors (Lipinski definition) is 0. The molecule has 0 N–H and O–H groups in total. The van der Waals surface area contributed by atoms with Gasteiger partial charge in [-0.15, -0.1) is 6.58 Å². The van der Waals surface area contributed by atoms with E-state index in [0.717, 1.165) is 45.6 Å². The lowest BCUT2D eigenvalue weighted by Crippen LogP contribution is -2.50. The normalized spacial score (nSPS) is 15.8. The number of methoxy groups -OCH3 is 1. The Bertz CT molecular complexity index is 663. The number of piperazine rings is 1. The van der Waals surface area contributed by atoms with Crippen LogP contribution in [0.4, 0.5) is 0 Å². The van der Waals surface area contributed by atoms with Gasteiger partial charge in [0.1, 0.15) is 17.9 Å². The standard InChI is InChI=1S/C19H26N4O3/c1-4-5-6-16(14-22-9-11-23(12-10-22)15(2)24)26-18-7-8-21-19(25-3)17(18)13-20/h4,7-8,16H,1,5-6,9-12,14H2,2-3H3. The third-order valence-electron chi connectivity index (χ3n) is 4.45. The van der Waals surface area contributed by atoms with E-state index in [1.54, 1.807) is 19.2 Å². The third kappa shape index (κ3) is 5.20. The molecule has 0 aliphatic carbocycles. The van der Waals surface area contributed by atoms with Gasteiger partial charge in [-0.05, 0) is 12.8 Å². The fourth-order valence-electron chi connectivity index (χ4n) is 2.99. The second kappa shape index (κ2) is 9.78. The number of aromatic nitrogens is 1. The van der Waals surface area contributed by atoms with E-state index in [-0.39, 0.29) is 17.9 Å². The van der Waals surface area contributed by atoms with Crippen LogP contribution < -0.4 is 9.47 Å². The van der Waals surface area contributed by atoms with Crippen LogP contribution in [0.15, 0.2) is 24.9 Å². The van der Waals surface area contributed by atoms with Crippen LogP contribution >= 0.6 is 0 Å². The lowest BCUT2D eigenvalue weighted by molar-refractivity contribution is -0.130. The van der Waals surface area contributed by atoms with Crippen molar-refractivity contribution in [2.75, 3.05) is 39.8 Å². The van der Waals surface area contributed by atoms with Crippen molar-refractivity contribution >= 4 is 5.91 Å². The lowest BCUT2D eigenvalue weighted by atomic mass is 10.1. The minimum absolute atomic E-state index is 0.0870. The van der Waals surface area contributed by atoms with Crippen LogP contribution in [0.1, 0.15) is 25.3 Å². The Morgan fingerprint density at radius 1 is 1.46 bits per heavy atom. The van der Waals surface area contributed by atoms with Crippen LogP contribution in [-0.4, -0.2) is 66.6 Å². The number of carbonyl (C=O) groups excluding carboxylic acids is 1. The van der Waals surface area contributed by atoms with Gasteiger partial charge in [0.05, 0.1) is 7.11 Å². The molecular formula is C19H26N4O3. The Balaban J connectivity index is 2.05. The Morgan fingerprint density at radius 2 is 2.19 bits per heavy atom. The van der Waals surface area contributed by atoms with Crippen molar-refractivity contribution in [2.24, 2.45) is 0 Å². The van der Waals surface area contributed by atoms with E-state index in [2.05, 4.69) is 22.5 Å². The van der Waals surface area contributed by atoms with Crippen LogP contribution in [0.5, 0.6) is 11.6 Å². The van der Waals surface area contributed by atoms with Gasteiger partial charge in [0, 0.05) is 51.9 Å². The number of nitrogens with zero attached hydrogens (tertiary/aromatic N) is 4. The van der Waals surface area contributed by atoms with Crippen LogP contribution in [0.2, 0.25) is 0 Å². The van der Waals surface area contributed by atoms with Crippen molar-refractivity contribution in [1.82, 2.24) is 14.8 Å². The molecule has 1 amide bonds. The van der Waals surface area contributed by atoms with Crippen molar-refractivity contribution in [3.63, 3.8) is 0 Å². The zero-order valence-corrected chi connectivity index (χ0v) is 15.5. The van der Waals surface area contributed by atoms with Crippen molar-refractivity contribution in [1.29, 1.82) is 5.26 Å². The second-order valence-electron chi connectivity index (χ2n) is 6.22. The van der Waals surface area contributed by atoms with E-state index in [1.807, 2.05) is 11.0 Å². The van der Waals surface area contributed by atoms with Crippen LogP contribution in [0.25, 0.3) is 0 Å². The summed E-state index contributed by atoms with van der Waals surface area (Å²) in [5.41, 5.74) is 0.306. The number of allylic oxidation sites excluding steroid dienone is 1. The highest BCUT2D eigenvalue weighted by Crippen LogP contribution is 2.26. The molecule has 1 aliphatic heterocycles. The van der Waals surface area contributed by atoms with E-state index >= 15 is 0 Å². The molecule has 1 aromatic rings. The molecule has 1 saturated heterocycles. The van der Waals surface area contributed by atoms with Gasteiger partial charge in [0.25, 0.3) is 0 Å². The molecule has 0 saturated carbocycles. The lowest BCUT2D eigenvalue weighted by Gasteiger charge is -2.36. The highest BCUT2D eigenvalue weighted by molar-refractivity contribution is 5.73. The fourth-order valence-corrected chi connectivity index (χ4v) is 2.99. The number of pyridine rings is 1. The number of rotatable bonds is 8. The first-order valence-corrected chi connectivity index (χ1v) is 8.77. The number of carbonyl (C=O) groups is 1. The molecule has 140 valence electrons. The molecular weight excluding hydrogens is 332 g/mol. The van der Waals surface area contributed by atoms with Crippen LogP contribution in [0, 0.1) is 11.3 Å². The molecule has 0 aromatic carbocycles. The van der Waals surface area contributed by atoms with Gasteiger partial charge >= 0.3 is 0 Å². The molecule has 1 aliphatic rings. The molecule has 0 bridgehead atoms. The molecule has 7 heteroatoms. The van der Waals surface area contributed by atoms with Gasteiger partial charge < -0.3 is 14.4 Å².